The quantitative estimate of drug-likeness (QED) is 0.629. The largest absolute Gasteiger partial charge is 0.396 e. The minimum Gasteiger partial charge on any atom is -0.396 e. The Labute approximate surface area is 176 Å². The van der Waals surface area contributed by atoms with Gasteiger partial charge in [0.1, 0.15) is 11.9 Å². The summed E-state index contributed by atoms with van der Waals surface area (Å²) in [7, 11) is 0. The summed E-state index contributed by atoms with van der Waals surface area (Å²) in [5.41, 5.74) is 4.56. The predicted octanol–water partition coefficient (Wildman–Crippen LogP) is 3.74. The van der Waals surface area contributed by atoms with Crippen molar-refractivity contribution < 1.29 is 9.90 Å². The average Bonchev–Trinajstić information content (AvgIpc) is 2.75. The maximum Gasteiger partial charge on any atom is 0.226 e. The topological polar surface area (TPSA) is 98.9 Å². The van der Waals surface area contributed by atoms with Crippen molar-refractivity contribution >= 4 is 11.6 Å². The summed E-state index contributed by atoms with van der Waals surface area (Å²) in [6.45, 7) is 3.74. The molecule has 30 heavy (non-hydrogen) atoms. The third-order valence-corrected chi connectivity index (χ3v) is 4.71. The molecule has 2 N–H and O–H groups in total. The van der Waals surface area contributed by atoms with Crippen LogP contribution < -0.4 is 5.32 Å². The lowest BCUT2D eigenvalue weighted by molar-refractivity contribution is -0.118. The third kappa shape index (κ3) is 5.28. The monoisotopic (exact) mass is 400 g/mol. The number of aromatic nitrogens is 2. The molecule has 0 atom stereocenters. The molecule has 0 unspecified atom stereocenters. The first kappa shape index (κ1) is 21.2. The number of anilines is 1. The maximum absolute atomic E-state index is 12.0. The van der Waals surface area contributed by atoms with Crippen LogP contribution in [0.4, 0.5) is 5.69 Å². The van der Waals surface area contributed by atoms with Crippen molar-refractivity contribution in [3.8, 4) is 17.3 Å². The Hall–Kier alpha value is -3.56. The van der Waals surface area contributed by atoms with Gasteiger partial charge in [0.15, 0.2) is 0 Å². The van der Waals surface area contributed by atoms with Crippen molar-refractivity contribution in [2.75, 3.05) is 11.9 Å². The van der Waals surface area contributed by atoms with E-state index in [1.54, 1.807) is 38.2 Å². The minimum atomic E-state index is -0.168. The molecule has 0 fully saturated rings. The second-order valence-electron chi connectivity index (χ2n) is 7.34. The van der Waals surface area contributed by atoms with Crippen LogP contribution in [0.15, 0.2) is 54.7 Å². The second kappa shape index (κ2) is 9.77. The number of nitriles is 1. The molecule has 0 aliphatic rings. The molecule has 0 saturated carbocycles. The van der Waals surface area contributed by atoms with Crippen molar-refractivity contribution in [1.29, 1.82) is 5.26 Å². The number of carbonyl (C=O) groups is 1. The van der Waals surface area contributed by atoms with Gasteiger partial charge in [-0.15, -0.1) is 0 Å². The van der Waals surface area contributed by atoms with E-state index in [2.05, 4.69) is 21.4 Å². The molecule has 3 aromatic rings. The zero-order valence-corrected chi connectivity index (χ0v) is 17.1. The Morgan fingerprint density at radius 3 is 2.53 bits per heavy atom. The number of nitrogens with zero attached hydrogens (tertiary/aromatic N) is 3. The Morgan fingerprint density at radius 2 is 1.87 bits per heavy atom. The van der Waals surface area contributed by atoms with Gasteiger partial charge in [-0.05, 0) is 35.7 Å². The van der Waals surface area contributed by atoms with E-state index in [0.29, 0.717) is 29.9 Å². The summed E-state index contributed by atoms with van der Waals surface area (Å²) < 4.78 is 0. The van der Waals surface area contributed by atoms with Gasteiger partial charge in [0.25, 0.3) is 0 Å². The van der Waals surface area contributed by atoms with E-state index in [1.807, 2.05) is 30.3 Å². The van der Waals surface area contributed by atoms with Crippen LogP contribution in [0.5, 0.6) is 0 Å². The molecule has 0 spiro atoms. The number of aliphatic hydroxyl groups excluding tert-OH is 1. The van der Waals surface area contributed by atoms with Crippen molar-refractivity contribution in [2.24, 2.45) is 5.92 Å². The van der Waals surface area contributed by atoms with E-state index in [0.717, 1.165) is 22.4 Å². The fraction of sp³-hybridized carbons (Fsp3) is 0.250. The highest BCUT2D eigenvalue weighted by Gasteiger charge is 2.12. The van der Waals surface area contributed by atoms with E-state index >= 15 is 0 Å². The Bertz CT molecular complexity index is 1070. The highest BCUT2D eigenvalue weighted by atomic mass is 16.3. The lowest BCUT2D eigenvalue weighted by Gasteiger charge is -2.11. The van der Waals surface area contributed by atoms with Crippen LogP contribution in [0.25, 0.3) is 11.3 Å². The van der Waals surface area contributed by atoms with E-state index in [-0.39, 0.29) is 18.4 Å². The molecular weight excluding hydrogens is 376 g/mol. The van der Waals surface area contributed by atoms with E-state index in [4.69, 9.17) is 5.11 Å². The number of nitrogens with one attached hydrogen (secondary N) is 1. The first-order valence-corrected chi connectivity index (χ1v) is 9.86. The zero-order chi connectivity index (χ0) is 21.5. The van der Waals surface area contributed by atoms with Gasteiger partial charge in [0.2, 0.25) is 5.91 Å². The summed E-state index contributed by atoms with van der Waals surface area (Å²) in [6.07, 6.45) is 2.93. The van der Waals surface area contributed by atoms with Crippen LogP contribution in [0.3, 0.4) is 0 Å². The lowest BCUT2D eigenvalue weighted by atomic mass is 10.0. The number of rotatable bonds is 7. The average molecular weight is 400 g/mol. The molecular formula is C24H24N4O2. The number of hydrogen-bond acceptors (Lipinski definition) is 5. The standard InChI is InChI=1S/C24H24N4O2/c1-16(2)24(30)28-21-8-7-19(14-20(21)15-25)22-9-11-26-23(27-22)13-18-5-3-17(4-6-18)10-12-29/h3-9,11,14,16,29H,10,12-13H2,1-2H3,(H,28,30). The molecule has 1 heterocycles. The second-order valence-corrected chi connectivity index (χ2v) is 7.34. The van der Waals surface area contributed by atoms with Gasteiger partial charge in [-0.3, -0.25) is 4.79 Å². The van der Waals surface area contributed by atoms with Crippen molar-refractivity contribution in [3.63, 3.8) is 0 Å². The Kier molecular flexibility index (Phi) is 6.89. The highest BCUT2D eigenvalue weighted by molar-refractivity contribution is 5.93. The van der Waals surface area contributed by atoms with Crippen LogP contribution in [0.2, 0.25) is 0 Å². The normalized spacial score (nSPS) is 10.6. The SMILES string of the molecule is CC(C)C(=O)Nc1ccc(-c2ccnc(Cc3ccc(CCO)cc3)n2)cc1C#N. The van der Waals surface area contributed by atoms with Crippen LogP contribution >= 0.6 is 0 Å². The fourth-order valence-corrected chi connectivity index (χ4v) is 2.96. The van der Waals surface area contributed by atoms with Gasteiger partial charge in [0.05, 0.1) is 16.9 Å². The van der Waals surface area contributed by atoms with E-state index in [9.17, 15) is 10.1 Å². The summed E-state index contributed by atoms with van der Waals surface area (Å²) in [5.74, 6) is 0.380. The summed E-state index contributed by atoms with van der Waals surface area (Å²) in [5, 5.41) is 21.3. The van der Waals surface area contributed by atoms with Gasteiger partial charge in [-0.25, -0.2) is 9.97 Å². The molecule has 0 bridgehead atoms. The fourth-order valence-electron chi connectivity index (χ4n) is 2.96. The lowest BCUT2D eigenvalue weighted by Crippen LogP contribution is -2.18. The molecule has 1 aromatic heterocycles. The highest BCUT2D eigenvalue weighted by Crippen LogP contribution is 2.24. The van der Waals surface area contributed by atoms with E-state index in [1.165, 1.54) is 0 Å². The third-order valence-electron chi connectivity index (χ3n) is 4.71. The zero-order valence-electron chi connectivity index (χ0n) is 17.1. The van der Waals surface area contributed by atoms with Crippen LogP contribution in [-0.2, 0) is 17.6 Å². The molecule has 152 valence electrons. The molecule has 0 saturated heterocycles. The molecule has 2 aromatic carbocycles. The van der Waals surface area contributed by atoms with Crippen LogP contribution in [-0.4, -0.2) is 27.6 Å². The summed E-state index contributed by atoms with van der Waals surface area (Å²) >= 11 is 0. The maximum atomic E-state index is 12.0. The molecule has 0 aliphatic heterocycles. The number of benzene rings is 2. The molecule has 3 rings (SSSR count). The first-order chi connectivity index (χ1) is 14.5. The van der Waals surface area contributed by atoms with Crippen molar-refractivity contribution in [1.82, 2.24) is 9.97 Å². The van der Waals surface area contributed by atoms with Gasteiger partial charge in [-0.2, -0.15) is 5.26 Å². The van der Waals surface area contributed by atoms with Crippen LogP contribution in [0.1, 0.15) is 36.4 Å². The van der Waals surface area contributed by atoms with Gasteiger partial charge < -0.3 is 10.4 Å². The number of carbonyl (C=O) groups excluding carboxylic acids is 1. The Balaban J connectivity index is 1.81. The molecule has 6 nitrogen and oxygen atoms in total. The predicted molar refractivity (Wildman–Crippen MR) is 116 cm³/mol. The van der Waals surface area contributed by atoms with Crippen molar-refractivity contribution in [3.05, 3.63) is 77.2 Å². The van der Waals surface area contributed by atoms with Gasteiger partial charge in [0, 0.05) is 30.7 Å². The number of aliphatic hydroxyl groups is 1. The first-order valence-electron chi connectivity index (χ1n) is 9.86. The molecule has 0 radical (unpaired) electrons. The summed E-state index contributed by atoms with van der Waals surface area (Å²) in [6, 6.07) is 17.3. The molecule has 1 amide bonds. The smallest absolute Gasteiger partial charge is 0.226 e. The Morgan fingerprint density at radius 1 is 1.13 bits per heavy atom. The number of hydrogen-bond donors (Lipinski definition) is 2. The molecule has 0 aliphatic carbocycles. The van der Waals surface area contributed by atoms with Crippen molar-refractivity contribution in [2.45, 2.75) is 26.7 Å². The van der Waals surface area contributed by atoms with Gasteiger partial charge >= 0.3 is 0 Å². The van der Waals surface area contributed by atoms with E-state index < -0.39 is 0 Å². The molecule has 6 heteroatoms. The van der Waals surface area contributed by atoms with Crippen LogP contribution in [0, 0.1) is 17.2 Å². The summed E-state index contributed by atoms with van der Waals surface area (Å²) in [4.78, 5) is 21.0. The van der Waals surface area contributed by atoms with Gasteiger partial charge in [-0.1, -0.05) is 44.2 Å². The minimum absolute atomic E-state index is 0.131. The number of amides is 1.